The van der Waals surface area contributed by atoms with Gasteiger partial charge < -0.3 is 20.4 Å². The Morgan fingerprint density at radius 2 is 1.10 bits per heavy atom. The standard InChI is InChI=1S/C10H14O2.C6H6O2/c1-10(2,3)7-4-5-8(11)9(12)6-7;7-5-1-2-6(8)4-3-5/h4-6,11-12H,1-3H3;1-4,7-8H. The molecule has 2 aromatic carbocycles. The lowest BCUT2D eigenvalue weighted by Crippen LogP contribution is -2.10. The number of aromatic hydroxyl groups is 4. The van der Waals surface area contributed by atoms with Gasteiger partial charge in [0.05, 0.1) is 0 Å². The Morgan fingerprint density at radius 1 is 0.650 bits per heavy atom. The Bertz CT molecular complexity index is 533. The summed E-state index contributed by atoms with van der Waals surface area (Å²) >= 11 is 0. The van der Waals surface area contributed by atoms with Crippen LogP contribution in [0.25, 0.3) is 0 Å². The highest BCUT2D eigenvalue weighted by Crippen LogP contribution is 2.30. The fourth-order valence-electron chi connectivity index (χ4n) is 1.44. The first-order valence-corrected chi connectivity index (χ1v) is 6.20. The average molecular weight is 276 g/mol. The molecule has 4 heteroatoms. The van der Waals surface area contributed by atoms with Crippen LogP contribution < -0.4 is 0 Å². The fraction of sp³-hybridized carbons (Fsp3) is 0.250. The van der Waals surface area contributed by atoms with Crippen molar-refractivity contribution in [2.75, 3.05) is 0 Å². The number of benzene rings is 2. The van der Waals surface area contributed by atoms with E-state index in [0.29, 0.717) is 0 Å². The summed E-state index contributed by atoms with van der Waals surface area (Å²) in [4.78, 5) is 0. The van der Waals surface area contributed by atoms with Crippen molar-refractivity contribution in [3.8, 4) is 23.0 Å². The van der Waals surface area contributed by atoms with Crippen LogP contribution in [0.5, 0.6) is 23.0 Å². The quantitative estimate of drug-likeness (QED) is 0.438. The lowest BCUT2D eigenvalue weighted by atomic mass is 9.87. The zero-order valence-corrected chi connectivity index (χ0v) is 11.8. The molecule has 0 amide bonds. The van der Waals surface area contributed by atoms with Gasteiger partial charge in [-0.05, 0) is 47.4 Å². The molecule has 0 fully saturated rings. The first-order chi connectivity index (χ1) is 9.20. The summed E-state index contributed by atoms with van der Waals surface area (Å²) in [5.74, 6) is 0.219. The van der Waals surface area contributed by atoms with Crippen molar-refractivity contribution < 1.29 is 20.4 Å². The van der Waals surface area contributed by atoms with Crippen molar-refractivity contribution in [3.63, 3.8) is 0 Å². The van der Waals surface area contributed by atoms with Crippen LogP contribution in [0.1, 0.15) is 26.3 Å². The minimum Gasteiger partial charge on any atom is -0.508 e. The molecule has 0 aliphatic rings. The maximum atomic E-state index is 9.21. The molecule has 0 aliphatic carbocycles. The topological polar surface area (TPSA) is 80.9 Å². The molecule has 2 rings (SSSR count). The number of rotatable bonds is 0. The van der Waals surface area contributed by atoms with Crippen LogP contribution >= 0.6 is 0 Å². The predicted octanol–water partition coefficient (Wildman–Crippen LogP) is 3.49. The summed E-state index contributed by atoms with van der Waals surface area (Å²) in [7, 11) is 0. The summed E-state index contributed by atoms with van der Waals surface area (Å²) < 4.78 is 0. The highest BCUT2D eigenvalue weighted by molar-refractivity contribution is 5.42. The molecule has 0 spiro atoms. The van der Waals surface area contributed by atoms with Gasteiger partial charge in [0.2, 0.25) is 0 Å². The molecule has 20 heavy (non-hydrogen) atoms. The first-order valence-electron chi connectivity index (χ1n) is 6.20. The zero-order valence-electron chi connectivity index (χ0n) is 11.8. The predicted molar refractivity (Wildman–Crippen MR) is 78.2 cm³/mol. The molecular weight excluding hydrogens is 256 g/mol. The normalized spacial score (nSPS) is 10.6. The Hall–Kier alpha value is -2.36. The van der Waals surface area contributed by atoms with E-state index in [4.69, 9.17) is 15.3 Å². The number of phenols is 4. The van der Waals surface area contributed by atoms with E-state index < -0.39 is 0 Å². The maximum absolute atomic E-state index is 9.21. The third-order valence-electron chi connectivity index (χ3n) is 2.69. The number of phenolic OH excluding ortho intramolecular Hbond substituents is 4. The molecule has 4 N–H and O–H groups in total. The molecule has 0 aliphatic heterocycles. The maximum Gasteiger partial charge on any atom is 0.157 e. The Morgan fingerprint density at radius 3 is 1.45 bits per heavy atom. The van der Waals surface area contributed by atoms with E-state index in [1.165, 1.54) is 30.3 Å². The molecule has 4 nitrogen and oxygen atoms in total. The molecule has 0 aromatic heterocycles. The third-order valence-corrected chi connectivity index (χ3v) is 2.69. The lowest BCUT2D eigenvalue weighted by Gasteiger charge is -2.19. The van der Waals surface area contributed by atoms with Gasteiger partial charge in [0.1, 0.15) is 11.5 Å². The van der Waals surface area contributed by atoms with Gasteiger partial charge in [-0.25, -0.2) is 0 Å². The van der Waals surface area contributed by atoms with Crippen molar-refractivity contribution in [2.45, 2.75) is 26.2 Å². The van der Waals surface area contributed by atoms with Crippen LogP contribution in [0.4, 0.5) is 0 Å². The van der Waals surface area contributed by atoms with Crippen LogP contribution in [-0.2, 0) is 5.41 Å². The van der Waals surface area contributed by atoms with E-state index in [1.807, 2.05) is 6.07 Å². The summed E-state index contributed by atoms with van der Waals surface area (Å²) in [5.41, 5.74) is 1.02. The van der Waals surface area contributed by atoms with Crippen LogP contribution in [0.3, 0.4) is 0 Å². The van der Waals surface area contributed by atoms with Crippen LogP contribution in [0.15, 0.2) is 42.5 Å². The van der Waals surface area contributed by atoms with Crippen molar-refractivity contribution in [1.29, 1.82) is 0 Å². The van der Waals surface area contributed by atoms with Crippen LogP contribution in [0.2, 0.25) is 0 Å². The monoisotopic (exact) mass is 276 g/mol. The van der Waals surface area contributed by atoms with Gasteiger partial charge in [-0.15, -0.1) is 0 Å². The summed E-state index contributed by atoms with van der Waals surface area (Å²) in [5, 5.41) is 35.6. The third kappa shape index (κ3) is 4.72. The molecule has 0 atom stereocenters. The molecule has 2 aromatic rings. The summed E-state index contributed by atoms with van der Waals surface area (Å²) in [6.45, 7) is 6.16. The minimum atomic E-state index is -0.0667. The van der Waals surface area contributed by atoms with Crippen LogP contribution in [0, 0.1) is 0 Å². The van der Waals surface area contributed by atoms with Crippen molar-refractivity contribution in [2.24, 2.45) is 0 Å². The fourth-order valence-corrected chi connectivity index (χ4v) is 1.44. The zero-order chi connectivity index (χ0) is 15.3. The lowest BCUT2D eigenvalue weighted by molar-refractivity contribution is 0.401. The van der Waals surface area contributed by atoms with Crippen LogP contribution in [-0.4, -0.2) is 20.4 Å². The van der Waals surface area contributed by atoms with E-state index in [0.717, 1.165) is 5.56 Å². The van der Waals surface area contributed by atoms with E-state index in [-0.39, 0.29) is 28.4 Å². The highest BCUT2D eigenvalue weighted by atomic mass is 16.3. The second-order valence-corrected chi connectivity index (χ2v) is 5.47. The Balaban J connectivity index is 0.000000217. The second-order valence-electron chi connectivity index (χ2n) is 5.47. The molecular formula is C16H20O4. The van der Waals surface area contributed by atoms with E-state index >= 15 is 0 Å². The molecule has 0 saturated carbocycles. The van der Waals surface area contributed by atoms with E-state index in [2.05, 4.69) is 20.8 Å². The van der Waals surface area contributed by atoms with E-state index in [1.54, 1.807) is 6.07 Å². The number of hydrogen-bond acceptors (Lipinski definition) is 4. The smallest absolute Gasteiger partial charge is 0.157 e. The van der Waals surface area contributed by atoms with E-state index in [9.17, 15) is 5.11 Å². The van der Waals surface area contributed by atoms with Gasteiger partial charge in [0.25, 0.3) is 0 Å². The van der Waals surface area contributed by atoms with Gasteiger partial charge >= 0.3 is 0 Å². The van der Waals surface area contributed by atoms with Crippen molar-refractivity contribution in [1.82, 2.24) is 0 Å². The largest absolute Gasteiger partial charge is 0.508 e. The SMILES string of the molecule is CC(C)(C)c1ccc(O)c(O)c1.Oc1ccc(O)cc1. The van der Waals surface area contributed by atoms with Crippen molar-refractivity contribution in [3.05, 3.63) is 48.0 Å². The Labute approximate surface area is 118 Å². The second kappa shape index (κ2) is 6.19. The molecule has 0 saturated heterocycles. The van der Waals surface area contributed by atoms with Crippen molar-refractivity contribution >= 4 is 0 Å². The minimum absolute atomic E-state index is 0.00514. The summed E-state index contributed by atoms with van der Waals surface area (Å²) in [6.07, 6.45) is 0. The molecule has 0 unspecified atom stereocenters. The van der Waals surface area contributed by atoms with Gasteiger partial charge in [-0.2, -0.15) is 0 Å². The Kier molecular flexibility index (Phi) is 4.86. The van der Waals surface area contributed by atoms with Gasteiger partial charge in [-0.3, -0.25) is 0 Å². The van der Waals surface area contributed by atoms with Gasteiger partial charge in [0, 0.05) is 0 Å². The molecule has 0 heterocycles. The highest BCUT2D eigenvalue weighted by Gasteiger charge is 2.14. The molecule has 108 valence electrons. The number of hydrogen-bond donors (Lipinski definition) is 4. The molecule has 0 radical (unpaired) electrons. The molecule has 0 bridgehead atoms. The summed E-state index contributed by atoms with van der Waals surface area (Å²) in [6, 6.07) is 10.6. The first kappa shape index (κ1) is 15.7. The average Bonchev–Trinajstić information content (AvgIpc) is 2.36. The van der Waals surface area contributed by atoms with Gasteiger partial charge in [0.15, 0.2) is 11.5 Å². The van der Waals surface area contributed by atoms with Gasteiger partial charge in [-0.1, -0.05) is 26.8 Å².